The summed E-state index contributed by atoms with van der Waals surface area (Å²) in [5.41, 5.74) is 6.72. The van der Waals surface area contributed by atoms with E-state index in [9.17, 15) is 0 Å². The average molecular weight is 660 g/mol. The molecule has 7 aromatic rings. The van der Waals surface area contributed by atoms with Gasteiger partial charge in [0, 0.05) is 35.9 Å². The van der Waals surface area contributed by atoms with Gasteiger partial charge in [0.15, 0.2) is 0 Å². The molecule has 0 fully saturated rings. The van der Waals surface area contributed by atoms with Crippen LogP contribution in [0, 0.1) is 0 Å². The average Bonchev–Trinajstić information content (AvgIpc) is 3.79. The lowest BCUT2D eigenvalue weighted by molar-refractivity contribution is 0.893. The summed E-state index contributed by atoms with van der Waals surface area (Å²) in [6, 6.07) is 26.9. The molecule has 210 valence electrons. The Bertz CT molecular complexity index is 1940. The summed E-state index contributed by atoms with van der Waals surface area (Å²) in [4.78, 5) is 10.5. The summed E-state index contributed by atoms with van der Waals surface area (Å²) >= 11 is 26.9. The van der Waals surface area contributed by atoms with Crippen LogP contribution in [0.4, 0.5) is 0 Å². The van der Waals surface area contributed by atoms with Crippen molar-refractivity contribution in [1.82, 2.24) is 29.5 Å². The van der Waals surface area contributed by atoms with Crippen molar-refractivity contribution in [2.24, 2.45) is 0 Å². The first-order valence-electron chi connectivity index (χ1n) is 13.0. The molecule has 0 spiro atoms. The highest BCUT2D eigenvalue weighted by molar-refractivity contribution is 7.18. The van der Waals surface area contributed by atoms with Crippen molar-refractivity contribution in [1.29, 1.82) is 0 Å². The highest BCUT2D eigenvalue weighted by Crippen LogP contribution is 2.40. The van der Waals surface area contributed by atoms with E-state index >= 15 is 0 Å². The van der Waals surface area contributed by atoms with E-state index in [1.165, 1.54) is 0 Å². The maximum atomic E-state index is 6.41. The van der Waals surface area contributed by atoms with Crippen LogP contribution in [0.15, 0.2) is 110 Å². The molecule has 0 saturated heterocycles. The molecule has 0 atom stereocenters. The molecular weight excluding hydrogens is 642 g/mol. The third-order valence-corrected chi connectivity index (χ3v) is 9.35. The van der Waals surface area contributed by atoms with Crippen molar-refractivity contribution in [3.63, 3.8) is 0 Å². The van der Waals surface area contributed by atoms with Gasteiger partial charge < -0.3 is 0 Å². The van der Waals surface area contributed by atoms with E-state index in [4.69, 9.17) is 56.6 Å². The van der Waals surface area contributed by atoms with Crippen LogP contribution in [0.1, 0.15) is 0 Å². The first-order chi connectivity index (χ1) is 20.9. The Kier molecular flexibility index (Phi) is 7.51. The highest BCUT2D eigenvalue weighted by atomic mass is 35.5. The Morgan fingerprint density at radius 2 is 0.977 bits per heavy atom. The van der Waals surface area contributed by atoms with Gasteiger partial charge in [0.05, 0.1) is 64.0 Å². The lowest BCUT2D eigenvalue weighted by Crippen LogP contribution is -1.99. The van der Waals surface area contributed by atoms with Gasteiger partial charge in [0.25, 0.3) is 0 Å². The topological polar surface area (TPSA) is 61.4 Å². The predicted molar refractivity (Wildman–Crippen MR) is 176 cm³/mol. The molecule has 2 aromatic carbocycles. The molecule has 0 N–H and O–H groups in total. The zero-order valence-corrected chi connectivity index (χ0v) is 25.8. The van der Waals surface area contributed by atoms with Crippen molar-refractivity contribution in [3.8, 4) is 55.0 Å². The number of thiophene rings is 1. The van der Waals surface area contributed by atoms with Crippen molar-refractivity contribution in [2.75, 3.05) is 0 Å². The molecule has 0 unspecified atom stereocenters. The monoisotopic (exact) mass is 658 g/mol. The smallest absolute Gasteiger partial charge is 0.0949 e. The zero-order chi connectivity index (χ0) is 29.5. The molecule has 11 heteroatoms. The standard InChI is InChI=1S/C32H18Cl4N6S/c33-23-7-5-21(13-25(23)35)41-29(15-27(39-41)19-3-1-11-37-17-19)31-9-10-32(43-31)30-16-28(20-4-2-12-38-18-20)40-42(30)22-6-8-24(34)26(36)14-22/h1-18H. The van der Waals surface area contributed by atoms with Crippen LogP contribution in [-0.4, -0.2) is 29.5 Å². The molecule has 43 heavy (non-hydrogen) atoms. The molecule has 5 aromatic heterocycles. The second kappa shape index (κ2) is 11.6. The van der Waals surface area contributed by atoms with Crippen LogP contribution < -0.4 is 0 Å². The molecule has 0 aliphatic rings. The minimum atomic E-state index is 0.448. The van der Waals surface area contributed by atoms with Crippen molar-refractivity contribution in [3.05, 3.63) is 130 Å². The van der Waals surface area contributed by atoms with E-state index in [0.717, 1.165) is 55.0 Å². The van der Waals surface area contributed by atoms with E-state index in [-0.39, 0.29) is 0 Å². The molecule has 0 aliphatic carbocycles. The Hall–Kier alpha value is -3.98. The maximum absolute atomic E-state index is 6.41. The van der Waals surface area contributed by atoms with Gasteiger partial charge in [0.2, 0.25) is 0 Å². The Balaban J connectivity index is 1.37. The first-order valence-corrected chi connectivity index (χ1v) is 15.3. The van der Waals surface area contributed by atoms with Gasteiger partial charge in [-0.25, -0.2) is 9.36 Å². The number of halogens is 4. The van der Waals surface area contributed by atoms with Gasteiger partial charge in [-0.15, -0.1) is 11.3 Å². The molecule has 0 saturated carbocycles. The normalized spacial score (nSPS) is 11.3. The SMILES string of the molecule is Clc1ccc(-n2nc(-c3cccnc3)cc2-c2ccc(-c3cc(-c4cccnc4)nn3-c3ccc(Cl)c(Cl)c3)s2)cc1Cl. The van der Waals surface area contributed by atoms with Crippen LogP contribution in [0.5, 0.6) is 0 Å². The van der Waals surface area contributed by atoms with Crippen LogP contribution in [-0.2, 0) is 0 Å². The number of hydrogen-bond acceptors (Lipinski definition) is 5. The van der Waals surface area contributed by atoms with E-state index in [0.29, 0.717) is 20.1 Å². The minimum absolute atomic E-state index is 0.448. The summed E-state index contributed by atoms with van der Waals surface area (Å²) in [6.45, 7) is 0. The van der Waals surface area contributed by atoms with Gasteiger partial charge in [-0.3, -0.25) is 9.97 Å². The lowest BCUT2D eigenvalue weighted by atomic mass is 10.2. The van der Waals surface area contributed by atoms with E-state index in [1.54, 1.807) is 60.4 Å². The predicted octanol–water partition coefficient (Wildman–Crippen LogP) is 10.2. The van der Waals surface area contributed by atoms with E-state index in [1.807, 2.05) is 57.9 Å². The zero-order valence-electron chi connectivity index (χ0n) is 22.0. The Morgan fingerprint density at radius 3 is 1.37 bits per heavy atom. The summed E-state index contributed by atoms with van der Waals surface area (Å²) in [5.74, 6) is 0. The molecule has 0 radical (unpaired) electrons. The largest absolute Gasteiger partial charge is 0.264 e. The number of rotatable bonds is 6. The van der Waals surface area contributed by atoms with Crippen LogP contribution in [0.3, 0.4) is 0 Å². The van der Waals surface area contributed by atoms with Crippen LogP contribution in [0.25, 0.3) is 55.0 Å². The Labute approximate surface area is 270 Å². The third-order valence-electron chi connectivity index (χ3n) is 6.74. The Morgan fingerprint density at radius 1 is 0.512 bits per heavy atom. The molecule has 6 nitrogen and oxygen atoms in total. The number of nitrogens with zero attached hydrogens (tertiary/aromatic N) is 6. The fourth-order valence-corrected chi connectivity index (χ4v) is 6.26. The maximum Gasteiger partial charge on any atom is 0.0949 e. The van der Waals surface area contributed by atoms with Gasteiger partial charge in [0.1, 0.15) is 0 Å². The second-order valence-electron chi connectivity index (χ2n) is 9.50. The molecule has 5 heterocycles. The van der Waals surface area contributed by atoms with Gasteiger partial charge in [-0.2, -0.15) is 10.2 Å². The minimum Gasteiger partial charge on any atom is -0.264 e. The molecule has 0 bridgehead atoms. The summed E-state index contributed by atoms with van der Waals surface area (Å²) in [6.07, 6.45) is 7.06. The van der Waals surface area contributed by atoms with Crippen molar-refractivity contribution in [2.45, 2.75) is 0 Å². The van der Waals surface area contributed by atoms with Crippen molar-refractivity contribution < 1.29 is 0 Å². The third kappa shape index (κ3) is 5.46. The number of benzene rings is 2. The number of aromatic nitrogens is 6. The summed E-state index contributed by atoms with van der Waals surface area (Å²) in [7, 11) is 0. The van der Waals surface area contributed by atoms with Crippen LogP contribution in [0.2, 0.25) is 20.1 Å². The molecule has 0 aliphatic heterocycles. The number of hydrogen-bond donors (Lipinski definition) is 0. The van der Waals surface area contributed by atoms with Crippen molar-refractivity contribution >= 4 is 57.7 Å². The number of pyridine rings is 2. The summed E-state index contributed by atoms with van der Waals surface area (Å²) < 4.78 is 3.75. The van der Waals surface area contributed by atoms with E-state index in [2.05, 4.69) is 22.1 Å². The fraction of sp³-hybridized carbons (Fsp3) is 0. The molecule has 7 rings (SSSR count). The fourth-order valence-electron chi connectivity index (χ4n) is 4.66. The highest BCUT2D eigenvalue weighted by Gasteiger charge is 2.20. The van der Waals surface area contributed by atoms with E-state index < -0.39 is 0 Å². The first kappa shape index (κ1) is 27.8. The van der Waals surface area contributed by atoms with Crippen LogP contribution >= 0.6 is 57.7 Å². The van der Waals surface area contributed by atoms with Gasteiger partial charge in [-0.1, -0.05) is 46.4 Å². The van der Waals surface area contributed by atoms with Gasteiger partial charge in [-0.05, 0) is 84.9 Å². The molecule has 0 amide bonds. The second-order valence-corrected chi connectivity index (χ2v) is 12.2. The van der Waals surface area contributed by atoms with Gasteiger partial charge >= 0.3 is 0 Å². The lowest BCUT2D eigenvalue weighted by Gasteiger charge is -2.08. The quantitative estimate of drug-likeness (QED) is 0.178. The molecular formula is C32H18Cl4N6S. The summed E-state index contributed by atoms with van der Waals surface area (Å²) in [5, 5.41) is 11.7.